The highest BCUT2D eigenvalue weighted by atomic mass is 16.5. The Morgan fingerprint density at radius 1 is 0.909 bits per heavy atom. The van der Waals surface area contributed by atoms with Crippen LogP contribution >= 0.6 is 0 Å². The minimum absolute atomic E-state index is 0.103. The second-order valence-electron chi connectivity index (χ2n) is 11.5. The number of phenols is 1. The van der Waals surface area contributed by atoms with Crippen LogP contribution in [0.5, 0.6) is 11.5 Å². The summed E-state index contributed by atoms with van der Waals surface area (Å²) in [7, 11) is 1.43. The van der Waals surface area contributed by atoms with Crippen molar-refractivity contribution >= 4 is 17.1 Å². The lowest BCUT2D eigenvalue weighted by molar-refractivity contribution is -0.133. The zero-order chi connectivity index (χ0) is 30.7. The lowest BCUT2D eigenvalue weighted by Crippen LogP contribution is -2.58. The predicted octanol–water partition coefficient (Wildman–Crippen LogP) is 3.91. The molecule has 3 aromatic carbocycles. The second-order valence-corrected chi connectivity index (χ2v) is 11.5. The number of phenolic OH excluding ortho intramolecular Hbond substituents is 1. The van der Waals surface area contributed by atoms with E-state index in [1.807, 2.05) is 61.5 Å². The number of allylic oxidation sites excluding steroid dienone is 4. The van der Waals surface area contributed by atoms with Gasteiger partial charge in [0.25, 0.3) is 0 Å². The molecule has 1 fully saturated rings. The van der Waals surface area contributed by atoms with Gasteiger partial charge >= 0.3 is 11.4 Å². The normalized spacial score (nSPS) is 24.1. The van der Waals surface area contributed by atoms with Gasteiger partial charge in [-0.3, -0.25) is 9.59 Å². The van der Waals surface area contributed by atoms with Crippen molar-refractivity contribution < 1.29 is 19.4 Å². The number of ketones is 2. The number of Topliss-reactive ketones (excluding diaryl/α,β-unsaturated/α-hetero) is 1. The van der Waals surface area contributed by atoms with Gasteiger partial charge in [-0.1, -0.05) is 78.9 Å². The third kappa shape index (κ3) is 3.71. The molecule has 4 aromatic rings. The molecule has 0 unspecified atom stereocenters. The van der Waals surface area contributed by atoms with Crippen LogP contribution in [0, 0.1) is 5.92 Å². The summed E-state index contributed by atoms with van der Waals surface area (Å²) in [6, 6.07) is 22.8. The average molecular weight is 590 g/mol. The number of nitrogens with zero attached hydrogens (tertiary/aromatic N) is 3. The van der Waals surface area contributed by atoms with E-state index in [1.54, 1.807) is 30.3 Å². The summed E-state index contributed by atoms with van der Waals surface area (Å²) in [6.45, 7) is 2.23. The van der Waals surface area contributed by atoms with E-state index in [0.717, 1.165) is 4.57 Å². The molecule has 1 aliphatic heterocycles. The Kier molecular flexibility index (Phi) is 6.42. The molecular formula is C35H31N3O6. The molecule has 7 rings (SSSR count). The van der Waals surface area contributed by atoms with Crippen LogP contribution in [0.25, 0.3) is 5.57 Å². The first-order chi connectivity index (χ1) is 21.3. The molecule has 3 aliphatic rings. The van der Waals surface area contributed by atoms with Gasteiger partial charge in [-0.2, -0.15) is 0 Å². The Balaban J connectivity index is 1.58. The Morgan fingerprint density at radius 2 is 1.61 bits per heavy atom. The fourth-order valence-electron chi connectivity index (χ4n) is 7.63. The van der Waals surface area contributed by atoms with Gasteiger partial charge in [0, 0.05) is 30.0 Å². The van der Waals surface area contributed by atoms with Crippen LogP contribution in [0.15, 0.2) is 106 Å². The predicted molar refractivity (Wildman–Crippen MR) is 164 cm³/mol. The van der Waals surface area contributed by atoms with Crippen molar-refractivity contribution in [1.29, 1.82) is 0 Å². The highest BCUT2D eigenvalue weighted by Gasteiger charge is 2.63. The van der Waals surface area contributed by atoms with Gasteiger partial charge in [-0.25, -0.2) is 23.5 Å². The summed E-state index contributed by atoms with van der Waals surface area (Å²) in [5.74, 6) is -2.14. The number of ether oxygens (including phenoxy) is 1. The summed E-state index contributed by atoms with van der Waals surface area (Å²) in [5.41, 5.74) is 0.278. The SMILES string of the molecule is CCOc1cccc([C@H]2C3=CCn4c(=O)n(C)c(=O)n4[C@@H]3C[C@H]3C(=O)C(c4ccccc4)=CC(=O)[C@@]23c2ccccc2)c1O. The molecular weight excluding hydrogens is 558 g/mol. The van der Waals surface area contributed by atoms with Crippen LogP contribution in [0.1, 0.15) is 42.0 Å². The molecule has 4 atom stereocenters. The third-order valence-electron chi connectivity index (χ3n) is 9.47. The van der Waals surface area contributed by atoms with Gasteiger partial charge in [0.1, 0.15) is 0 Å². The van der Waals surface area contributed by atoms with Crippen molar-refractivity contribution in [2.75, 3.05) is 6.61 Å². The minimum atomic E-state index is -1.44. The molecule has 1 N–H and O–H groups in total. The number of benzene rings is 3. The maximum atomic E-state index is 14.9. The van der Waals surface area contributed by atoms with Crippen LogP contribution < -0.4 is 16.1 Å². The molecule has 0 saturated heterocycles. The van der Waals surface area contributed by atoms with E-state index >= 15 is 0 Å². The molecule has 1 saturated carbocycles. The van der Waals surface area contributed by atoms with Crippen molar-refractivity contribution in [1.82, 2.24) is 13.9 Å². The molecule has 1 aromatic heterocycles. The lowest BCUT2D eigenvalue weighted by atomic mass is 9.47. The molecule has 9 nitrogen and oxygen atoms in total. The fourth-order valence-corrected chi connectivity index (χ4v) is 7.63. The van der Waals surface area contributed by atoms with Crippen LogP contribution in [-0.2, 0) is 28.6 Å². The van der Waals surface area contributed by atoms with Gasteiger partial charge in [0.15, 0.2) is 23.1 Å². The average Bonchev–Trinajstić information content (AvgIpc) is 3.27. The highest BCUT2D eigenvalue weighted by Crippen LogP contribution is 2.62. The van der Waals surface area contributed by atoms with Crippen molar-refractivity contribution in [3.8, 4) is 11.5 Å². The second kappa shape index (κ2) is 10.2. The number of rotatable bonds is 5. The summed E-state index contributed by atoms with van der Waals surface area (Å²) in [4.78, 5) is 56.3. The molecule has 0 bridgehead atoms. The first kappa shape index (κ1) is 27.6. The first-order valence-electron chi connectivity index (χ1n) is 14.7. The quantitative estimate of drug-likeness (QED) is 0.354. The van der Waals surface area contributed by atoms with E-state index < -0.39 is 34.7 Å². The van der Waals surface area contributed by atoms with E-state index in [-0.39, 0.29) is 36.0 Å². The number of aromatic hydroxyl groups is 1. The van der Waals surface area contributed by atoms with Gasteiger partial charge in [-0.05, 0) is 42.2 Å². The minimum Gasteiger partial charge on any atom is -0.504 e. The van der Waals surface area contributed by atoms with Crippen LogP contribution in [0.2, 0.25) is 0 Å². The molecule has 9 heteroatoms. The van der Waals surface area contributed by atoms with E-state index in [4.69, 9.17) is 4.74 Å². The summed E-state index contributed by atoms with van der Waals surface area (Å²) in [5, 5.41) is 11.7. The Hall–Kier alpha value is -5.18. The molecule has 222 valence electrons. The van der Waals surface area contributed by atoms with Gasteiger partial charge in [-0.15, -0.1) is 0 Å². The molecule has 2 heterocycles. The molecule has 0 radical (unpaired) electrons. The van der Waals surface area contributed by atoms with Crippen molar-refractivity contribution in [3.05, 3.63) is 134 Å². The van der Waals surface area contributed by atoms with Gasteiger partial charge < -0.3 is 9.84 Å². The number of aromatic nitrogens is 3. The van der Waals surface area contributed by atoms with E-state index in [2.05, 4.69) is 0 Å². The van der Waals surface area contributed by atoms with Gasteiger partial charge in [0.2, 0.25) is 0 Å². The smallest absolute Gasteiger partial charge is 0.347 e. The van der Waals surface area contributed by atoms with E-state index in [9.17, 15) is 24.3 Å². The zero-order valence-electron chi connectivity index (χ0n) is 24.3. The van der Waals surface area contributed by atoms with Gasteiger partial charge in [0.05, 0.1) is 24.6 Å². The van der Waals surface area contributed by atoms with Crippen molar-refractivity contribution in [2.24, 2.45) is 13.0 Å². The van der Waals surface area contributed by atoms with E-state index in [1.165, 1.54) is 22.5 Å². The molecule has 44 heavy (non-hydrogen) atoms. The Labute approximate surface area is 252 Å². The monoisotopic (exact) mass is 589 g/mol. The number of hydrogen-bond donors (Lipinski definition) is 1. The number of carbonyl (C=O) groups excluding carboxylic acids is 2. The van der Waals surface area contributed by atoms with Crippen LogP contribution in [-0.4, -0.2) is 37.2 Å². The number of hydrogen-bond acceptors (Lipinski definition) is 6. The number of para-hydroxylation sites is 1. The Morgan fingerprint density at radius 3 is 2.32 bits per heavy atom. The number of carbonyl (C=O) groups is 2. The summed E-state index contributed by atoms with van der Waals surface area (Å²) >= 11 is 0. The summed E-state index contributed by atoms with van der Waals surface area (Å²) < 4.78 is 9.61. The molecule has 0 amide bonds. The Bertz CT molecular complexity index is 2000. The number of fused-ring (bicyclic) bond motifs is 4. The van der Waals surface area contributed by atoms with E-state index in [0.29, 0.717) is 34.4 Å². The van der Waals surface area contributed by atoms with Crippen LogP contribution in [0.4, 0.5) is 0 Å². The topological polar surface area (TPSA) is 113 Å². The first-order valence-corrected chi connectivity index (χ1v) is 14.7. The van der Waals surface area contributed by atoms with Crippen molar-refractivity contribution in [3.63, 3.8) is 0 Å². The summed E-state index contributed by atoms with van der Waals surface area (Å²) in [6.07, 6.45) is 3.44. The van der Waals surface area contributed by atoms with Crippen molar-refractivity contribution in [2.45, 2.75) is 37.3 Å². The zero-order valence-corrected chi connectivity index (χ0v) is 24.3. The third-order valence-corrected chi connectivity index (χ3v) is 9.47. The highest BCUT2D eigenvalue weighted by molar-refractivity contribution is 6.31. The maximum Gasteiger partial charge on any atom is 0.347 e. The molecule has 0 spiro atoms. The lowest BCUT2D eigenvalue weighted by Gasteiger charge is -2.54. The fraction of sp³-hybridized carbons (Fsp3) is 0.257. The molecule has 2 aliphatic carbocycles. The maximum absolute atomic E-state index is 14.9. The largest absolute Gasteiger partial charge is 0.504 e. The van der Waals surface area contributed by atoms with Crippen LogP contribution in [0.3, 0.4) is 0 Å². The standard InChI is InChI=1S/C35H31N3O6/c1-3-44-28-16-10-15-24(32(28)41)30-23-17-18-37-33(42)36(2)34(43)38(37)27(23)20-26-31(40)25(21-11-6-4-7-12-21)19-29(39)35(26,30)22-13-8-5-9-14-22/h4-17,19,26-27,30,41H,3,18,20H2,1-2H3/t26-,27+,30+,35-/m0/s1.